The van der Waals surface area contributed by atoms with E-state index in [0.29, 0.717) is 5.88 Å². The highest BCUT2D eigenvalue weighted by molar-refractivity contribution is 5.70. The van der Waals surface area contributed by atoms with Crippen LogP contribution >= 0.6 is 0 Å². The van der Waals surface area contributed by atoms with Gasteiger partial charge < -0.3 is 9.64 Å². The molecule has 13 heavy (non-hydrogen) atoms. The zero-order valence-electron chi connectivity index (χ0n) is 7.01. The van der Waals surface area contributed by atoms with Crippen molar-refractivity contribution >= 4 is 6.09 Å². The summed E-state index contributed by atoms with van der Waals surface area (Å²) in [5, 5.41) is 0. The quantitative estimate of drug-likeness (QED) is 0.636. The number of ether oxygens (including phenoxy) is 1. The third-order valence-corrected chi connectivity index (χ3v) is 1.86. The minimum Gasteiger partial charge on any atom is -0.391 e. The maximum atomic E-state index is 11.2. The lowest BCUT2D eigenvalue weighted by molar-refractivity contribution is 0.123. The standard InChI is InChI=1S/C8H9N3O2/c12-8(11-4-1-5-11)13-7-2-3-9-6-10-7/h2-3,6H,1,4-5H2. The molecule has 5 heteroatoms. The number of nitrogens with zero attached hydrogens (tertiary/aromatic N) is 3. The Morgan fingerprint density at radius 2 is 2.38 bits per heavy atom. The number of hydrogen-bond donors (Lipinski definition) is 0. The smallest absolute Gasteiger partial charge is 0.391 e. The van der Waals surface area contributed by atoms with Crippen LogP contribution < -0.4 is 4.74 Å². The molecule has 5 nitrogen and oxygen atoms in total. The van der Waals surface area contributed by atoms with Crippen molar-refractivity contribution in [1.82, 2.24) is 14.9 Å². The van der Waals surface area contributed by atoms with Crippen LogP contribution in [0.1, 0.15) is 6.42 Å². The molecule has 1 aliphatic heterocycles. The second-order valence-corrected chi connectivity index (χ2v) is 2.76. The molecule has 1 fully saturated rings. The highest BCUT2D eigenvalue weighted by atomic mass is 16.6. The van der Waals surface area contributed by atoms with E-state index in [4.69, 9.17) is 4.74 Å². The van der Waals surface area contributed by atoms with Crippen molar-refractivity contribution in [1.29, 1.82) is 0 Å². The Labute approximate surface area is 75.4 Å². The Balaban J connectivity index is 1.94. The average Bonchev–Trinajstić information content (AvgIpc) is 2.02. The lowest BCUT2D eigenvalue weighted by Crippen LogP contribution is -2.43. The number of hydrogen-bond acceptors (Lipinski definition) is 4. The van der Waals surface area contributed by atoms with Crippen molar-refractivity contribution in [3.05, 3.63) is 18.6 Å². The monoisotopic (exact) mass is 179 g/mol. The van der Waals surface area contributed by atoms with Gasteiger partial charge in [0.05, 0.1) is 0 Å². The summed E-state index contributed by atoms with van der Waals surface area (Å²) in [4.78, 5) is 20.4. The second-order valence-electron chi connectivity index (χ2n) is 2.76. The molecule has 0 aliphatic carbocycles. The topological polar surface area (TPSA) is 55.3 Å². The van der Waals surface area contributed by atoms with Crippen LogP contribution in [0.15, 0.2) is 18.6 Å². The van der Waals surface area contributed by atoms with Crippen LogP contribution in [0.4, 0.5) is 4.79 Å². The molecular weight excluding hydrogens is 170 g/mol. The molecule has 0 saturated carbocycles. The molecule has 0 radical (unpaired) electrons. The van der Waals surface area contributed by atoms with Gasteiger partial charge in [-0.15, -0.1) is 0 Å². The molecule has 2 heterocycles. The number of carbonyl (C=O) groups excluding carboxylic acids is 1. The number of amides is 1. The van der Waals surface area contributed by atoms with Gasteiger partial charge in [0, 0.05) is 25.4 Å². The molecule has 0 bridgehead atoms. The van der Waals surface area contributed by atoms with Crippen LogP contribution in [0.3, 0.4) is 0 Å². The van der Waals surface area contributed by atoms with Crippen LogP contribution in [-0.2, 0) is 0 Å². The van der Waals surface area contributed by atoms with E-state index in [0.717, 1.165) is 19.5 Å². The van der Waals surface area contributed by atoms with Gasteiger partial charge in [-0.1, -0.05) is 0 Å². The van der Waals surface area contributed by atoms with Gasteiger partial charge in [0.1, 0.15) is 6.33 Å². The van der Waals surface area contributed by atoms with Gasteiger partial charge in [0.15, 0.2) is 0 Å². The molecule has 2 rings (SSSR count). The van der Waals surface area contributed by atoms with Crippen LogP contribution in [0.5, 0.6) is 5.88 Å². The van der Waals surface area contributed by atoms with Crippen LogP contribution in [0.2, 0.25) is 0 Å². The lowest BCUT2D eigenvalue weighted by Gasteiger charge is -2.29. The third kappa shape index (κ3) is 1.74. The summed E-state index contributed by atoms with van der Waals surface area (Å²) in [6, 6.07) is 1.55. The minimum absolute atomic E-state index is 0.298. The lowest BCUT2D eigenvalue weighted by atomic mass is 10.2. The van der Waals surface area contributed by atoms with Gasteiger partial charge in [-0.05, 0) is 6.42 Å². The van der Waals surface area contributed by atoms with E-state index < -0.39 is 0 Å². The first-order chi connectivity index (χ1) is 6.36. The summed E-state index contributed by atoms with van der Waals surface area (Å²) in [7, 11) is 0. The summed E-state index contributed by atoms with van der Waals surface area (Å²) >= 11 is 0. The third-order valence-electron chi connectivity index (χ3n) is 1.86. The number of aromatic nitrogens is 2. The van der Waals surface area contributed by atoms with Gasteiger partial charge in [0.25, 0.3) is 0 Å². The molecule has 0 spiro atoms. The number of likely N-dealkylation sites (tertiary alicyclic amines) is 1. The fourth-order valence-corrected chi connectivity index (χ4v) is 0.992. The SMILES string of the molecule is O=C(Oc1ccncn1)N1CCC1. The average molecular weight is 179 g/mol. The summed E-state index contributed by atoms with van der Waals surface area (Å²) in [6.07, 6.45) is 3.61. The zero-order valence-corrected chi connectivity index (χ0v) is 7.01. The van der Waals surface area contributed by atoms with E-state index >= 15 is 0 Å². The van der Waals surface area contributed by atoms with E-state index in [2.05, 4.69) is 9.97 Å². The van der Waals surface area contributed by atoms with Crippen molar-refractivity contribution < 1.29 is 9.53 Å². The van der Waals surface area contributed by atoms with Gasteiger partial charge >= 0.3 is 6.09 Å². The fraction of sp³-hybridized carbons (Fsp3) is 0.375. The molecule has 0 N–H and O–H groups in total. The largest absolute Gasteiger partial charge is 0.416 e. The second kappa shape index (κ2) is 3.38. The molecule has 1 amide bonds. The summed E-state index contributed by atoms with van der Waals surface area (Å²) in [6.45, 7) is 1.56. The predicted octanol–water partition coefficient (Wildman–Crippen LogP) is 0.681. The molecule has 1 saturated heterocycles. The minimum atomic E-state index is -0.329. The van der Waals surface area contributed by atoms with Gasteiger partial charge in [-0.25, -0.2) is 14.8 Å². The molecule has 0 atom stereocenters. The summed E-state index contributed by atoms with van der Waals surface area (Å²) < 4.78 is 4.95. The Kier molecular flexibility index (Phi) is 2.08. The first-order valence-corrected chi connectivity index (χ1v) is 4.09. The number of carbonyl (C=O) groups is 1. The van der Waals surface area contributed by atoms with Crippen LogP contribution in [0, 0.1) is 0 Å². The Hall–Kier alpha value is -1.65. The molecule has 1 aromatic rings. The van der Waals surface area contributed by atoms with E-state index in [1.807, 2.05) is 0 Å². The van der Waals surface area contributed by atoms with Crippen molar-refractivity contribution in [3.8, 4) is 5.88 Å². The van der Waals surface area contributed by atoms with E-state index in [9.17, 15) is 4.79 Å². The van der Waals surface area contributed by atoms with Gasteiger partial charge in [-0.2, -0.15) is 0 Å². The first-order valence-electron chi connectivity index (χ1n) is 4.09. The van der Waals surface area contributed by atoms with Gasteiger partial charge in [-0.3, -0.25) is 0 Å². The molecule has 0 unspecified atom stereocenters. The highest BCUT2D eigenvalue weighted by Crippen LogP contribution is 2.10. The van der Waals surface area contributed by atoms with Crippen molar-refractivity contribution in [2.24, 2.45) is 0 Å². The first kappa shape index (κ1) is 7.97. The van der Waals surface area contributed by atoms with Crippen molar-refractivity contribution in [2.75, 3.05) is 13.1 Å². The maximum absolute atomic E-state index is 11.2. The Bertz CT molecular complexity index is 298. The molecule has 68 valence electrons. The Morgan fingerprint density at radius 1 is 1.54 bits per heavy atom. The fourth-order valence-electron chi connectivity index (χ4n) is 0.992. The van der Waals surface area contributed by atoms with Crippen molar-refractivity contribution in [3.63, 3.8) is 0 Å². The predicted molar refractivity (Wildman–Crippen MR) is 44.2 cm³/mol. The maximum Gasteiger partial charge on any atom is 0.416 e. The Morgan fingerprint density at radius 3 is 2.92 bits per heavy atom. The number of rotatable bonds is 1. The molecule has 0 aromatic carbocycles. The summed E-state index contributed by atoms with van der Waals surface area (Å²) in [5.74, 6) is 0.298. The summed E-state index contributed by atoms with van der Waals surface area (Å²) in [5.41, 5.74) is 0. The van der Waals surface area contributed by atoms with E-state index in [1.165, 1.54) is 12.5 Å². The van der Waals surface area contributed by atoms with E-state index in [1.54, 1.807) is 11.0 Å². The van der Waals surface area contributed by atoms with Crippen LogP contribution in [-0.4, -0.2) is 34.1 Å². The van der Waals surface area contributed by atoms with Crippen LogP contribution in [0.25, 0.3) is 0 Å². The zero-order chi connectivity index (χ0) is 9.10. The normalized spacial score (nSPS) is 14.9. The molecular formula is C8H9N3O2. The van der Waals surface area contributed by atoms with E-state index in [-0.39, 0.29) is 6.09 Å². The molecule has 1 aliphatic rings. The van der Waals surface area contributed by atoms with Gasteiger partial charge in [0.2, 0.25) is 5.88 Å². The highest BCUT2D eigenvalue weighted by Gasteiger charge is 2.22. The molecule has 1 aromatic heterocycles. The van der Waals surface area contributed by atoms with Crippen molar-refractivity contribution in [2.45, 2.75) is 6.42 Å².